The molecule has 0 saturated heterocycles. The third-order valence-corrected chi connectivity index (χ3v) is 2.54. The molecule has 0 amide bonds. The van der Waals surface area contributed by atoms with Gasteiger partial charge in [0.1, 0.15) is 5.39 Å². The van der Waals surface area contributed by atoms with Gasteiger partial charge in [0, 0.05) is 6.54 Å². The van der Waals surface area contributed by atoms with Gasteiger partial charge >= 0.3 is 0 Å². The molecule has 98 valence electrons. The fourth-order valence-corrected chi connectivity index (χ4v) is 1.55. The SMILES string of the molecule is CCCCOc1nc(NCCC)nc2[nH]ncc12. The highest BCUT2D eigenvalue weighted by Gasteiger charge is 2.10. The van der Waals surface area contributed by atoms with Crippen LogP contribution in [-0.4, -0.2) is 33.3 Å². The highest BCUT2D eigenvalue weighted by Crippen LogP contribution is 2.22. The lowest BCUT2D eigenvalue weighted by Crippen LogP contribution is -2.07. The molecule has 2 N–H and O–H groups in total. The van der Waals surface area contributed by atoms with Crippen LogP contribution in [0.5, 0.6) is 5.88 Å². The average molecular weight is 249 g/mol. The van der Waals surface area contributed by atoms with E-state index in [9.17, 15) is 0 Å². The molecule has 2 aromatic rings. The number of fused-ring (bicyclic) bond motifs is 1. The van der Waals surface area contributed by atoms with Crippen molar-refractivity contribution in [2.24, 2.45) is 0 Å². The molecule has 2 aromatic heterocycles. The van der Waals surface area contributed by atoms with Gasteiger partial charge in [-0.1, -0.05) is 20.3 Å². The summed E-state index contributed by atoms with van der Waals surface area (Å²) < 4.78 is 5.69. The van der Waals surface area contributed by atoms with Crippen molar-refractivity contribution < 1.29 is 4.74 Å². The largest absolute Gasteiger partial charge is 0.477 e. The fraction of sp³-hybridized carbons (Fsp3) is 0.583. The second-order valence-electron chi connectivity index (χ2n) is 4.11. The Morgan fingerprint density at radius 2 is 2.17 bits per heavy atom. The predicted octanol–water partition coefficient (Wildman–Crippen LogP) is 2.35. The first-order valence-corrected chi connectivity index (χ1v) is 6.43. The summed E-state index contributed by atoms with van der Waals surface area (Å²) in [5, 5.41) is 10.8. The first-order chi connectivity index (χ1) is 8.85. The van der Waals surface area contributed by atoms with Crippen LogP contribution in [0.15, 0.2) is 6.20 Å². The van der Waals surface area contributed by atoms with Gasteiger partial charge in [-0.25, -0.2) is 0 Å². The maximum atomic E-state index is 5.69. The summed E-state index contributed by atoms with van der Waals surface area (Å²) in [6, 6.07) is 0. The minimum Gasteiger partial charge on any atom is -0.477 e. The number of ether oxygens (including phenoxy) is 1. The number of rotatable bonds is 7. The van der Waals surface area contributed by atoms with Gasteiger partial charge < -0.3 is 10.1 Å². The van der Waals surface area contributed by atoms with E-state index in [0.29, 0.717) is 24.1 Å². The molecule has 0 saturated carbocycles. The molecule has 0 unspecified atom stereocenters. The van der Waals surface area contributed by atoms with Crippen molar-refractivity contribution in [2.75, 3.05) is 18.5 Å². The van der Waals surface area contributed by atoms with Crippen LogP contribution in [0.3, 0.4) is 0 Å². The molecule has 0 bridgehead atoms. The van der Waals surface area contributed by atoms with E-state index in [2.05, 4.69) is 39.3 Å². The molecule has 0 fully saturated rings. The molecule has 2 rings (SSSR count). The summed E-state index contributed by atoms with van der Waals surface area (Å²) in [6.07, 6.45) is 4.83. The van der Waals surface area contributed by atoms with Crippen LogP contribution in [0, 0.1) is 0 Å². The lowest BCUT2D eigenvalue weighted by molar-refractivity contribution is 0.302. The molecule has 0 spiro atoms. The Bertz CT molecular complexity index is 496. The Balaban J connectivity index is 2.21. The van der Waals surface area contributed by atoms with Crippen LogP contribution in [0.4, 0.5) is 5.95 Å². The number of anilines is 1. The number of unbranched alkanes of at least 4 members (excludes halogenated alkanes) is 1. The van der Waals surface area contributed by atoms with E-state index in [4.69, 9.17) is 4.74 Å². The van der Waals surface area contributed by atoms with Gasteiger partial charge in [0.2, 0.25) is 11.8 Å². The maximum Gasteiger partial charge on any atom is 0.229 e. The number of nitrogens with one attached hydrogen (secondary N) is 2. The molecular formula is C12H19N5O. The quantitative estimate of drug-likeness (QED) is 0.737. The van der Waals surface area contributed by atoms with E-state index >= 15 is 0 Å². The van der Waals surface area contributed by atoms with Crippen LogP contribution in [0.2, 0.25) is 0 Å². The van der Waals surface area contributed by atoms with E-state index in [1.54, 1.807) is 6.20 Å². The van der Waals surface area contributed by atoms with E-state index in [0.717, 1.165) is 31.2 Å². The Morgan fingerprint density at radius 3 is 2.94 bits per heavy atom. The Kier molecular flexibility index (Phi) is 4.33. The molecular weight excluding hydrogens is 230 g/mol. The van der Waals surface area contributed by atoms with Crippen molar-refractivity contribution in [3.05, 3.63) is 6.20 Å². The van der Waals surface area contributed by atoms with Gasteiger partial charge in [0.25, 0.3) is 0 Å². The molecule has 0 aliphatic heterocycles. The lowest BCUT2D eigenvalue weighted by atomic mass is 10.3. The molecule has 0 atom stereocenters. The standard InChI is InChI=1S/C12H19N5O/c1-3-5-7-18-11-9-8-14-17-10(9)15-12(16-11)13-6-4-2/h8H,3-7H2,1-2H3,(H2,13,14,15,16,17). The summed E-state index contributed by atoms with van der Waals surface area (Å²) in [5.41, 5.74) is 0.704. The van der Waals surface area contributed by atoms with E-state index in [1.807, 2.05) is 0 Å². The molecule has 0 aromatic carbocycles. The second kappa shape index (κ2) is 6.18. The molecule has 18 heavy (non-hydrogen) atoms. The Hall–Kier alpha value is -1.85. The normalized spacial score (nSPS) is 10.8. The molecule has 6 heteroatoms. The van der Waals surface area contributed by atoms with Crippen LogP contribution >= 0.6 is 0 Å². The third-order valence-electron chi connectivity index (χ3n) is 2.54. The monoisotopic (exact) mass is 249 g/mol. The van der Waals surface area contributed by atoms with Gasteiger partial charge in [-0.15, -0.1) is 0 Å². The number of aromatic nitrogens is 4. The van der Waals surface area contributed by atoms with Crippen molar-refractivity contribution in [1.82, 2.24) is 20.2 Å². The van der Waals surface area contributed by atoms with Crippen molar-refractivity contribution in [2.45, 2.75) is 33.1 Å². The van der Waals surface area contributed by atoms with Gasteiger partial charge in [0.15, 0.2) is 5.65 Å². The minimum absolute atomic E-state index is 0.583. The number of nitrogens with zero attached hydrogens (tertiary/aromatic N) is 3. The van der Waals surface area contributed by atoms with Gasteiger partial charge in [-0.2, -0.15) is 15.1 Å². The maximum absolute atomic E-state index is 5.69. The summed E-state index contributed by atoms with van der Waals surface area (Å²) >= 11 is 0. The highest BCUT2D eigenvalue weighted by atomic mass is 16.5. The molecule has 6 nitrogen and oxygen atoms in total. The topological polar surface area (TPSA) is 75.7 Å². The van der Waals surface area contributed by atoms with Gasteiger partial charge in [-0.3, -0.25) is 5.10 Å². The number of hydrogen-bond acceptors (Lipinski definition) is 5. The third kappa shape index (κ3) is 2.88. The lowest BCUT2D eigenvalue weighted by Gasteiger charge is -2.08. The zero-order chi connectivity index (χ0) is 12.8. The molecule has 2 heterocycles. The summed E-state index contributed by atoms with van der Waals surface area (Å²) in [5.74, 6) is 1.18. The van der Waals surface area contributed by atoms with Crippen molar-refractivity contribution >= 4 is 17.0 Å². The molecule has 0 radical (unpaired) electrons. The zero-order valence-electron chi connectivity index (χ0n) is 10.9. The average Bonchev–Trinajstić information content (AvgIpc) is 2.85. The van der Waals surface area contributed by atoms with Crippen molar-refractivity contribution in [3.63, 3.8) is 0 Å². The predicted molar refractivity (Wildman–Crippen MR) is 70.9 cm³/mol. The van der Waals surface area contributed by atoms with Crippen molar-refractivity contribution in [3.8, 4) is 5.88 Å². The van der Waals surface area contributed by atoms with E-state index in [1.165, 1.54) is 0 Å². The number of H-pyrrole nitrogens is 1. The highest BCUT2D eigenvalue weighted by molar-refractivity contribution is 5.80. The van der Waals surface area contributed by atoms with Crippen LogP contribution in [0.25, 0.3) is 11.0 Å². The number of aromatic amines is 1. The van der Waals surface area contributed by atoms with Gasteiger partial charge in [0.05, 0.1) is 12.8 Å². The summed E-state index contributed by atoms with van der Waals surface area (Å²) in [4.78, 5) is 8.72. The number of hydrogen-bond donors (Lipinski definition) is 2. The Labute approximate surface area is 106 Å². The van der Waals surface area contributed by atoms with E-state index < -0.39 is 0 Å². The van der Waals surface area contributed by atoms with Crippen LogP contribution in [-0.2, 0) is 0 Å². The smallest absolute Gasteiger partial charge is 0.229 e. The van der Waals surface area contributed by atoms with E-state index in [-0.39, 0.29) is 0 Å². The zero-order valence-corrected chi connectivity index (χ0v) is 10.9. The summed E-state index contributed by atoms with van der Waals surface area (Å²) in [6.45, 7) is 5.74. The first kappa shape index (κ1) is 12.6. The first-order valence-electron chi connectivity index (χ1n) is 6.43. The summed E-state index contributed by atoms with van der Waals surface area (Å²) in [7, 11) is 0. The molecule has 0 aliphatic rings. The molecule has 0 aliphatic carbocycles. The van der Waals surface area contributed by atoms with Crippen LogP contribution < -0.4 is 10.1 Å². The fourth-order valence-electron chi connectivity index (χ4n) is 1.55. The van der Waals surface area contributed by atoms with Crippen LogP contribution in [0.1, 0.15) is 33.1 Å². The second-order valence-corrected chi connectivity index (χ2v) is 4.11. The Morgan fingerprint density at radius 1 is 1.28 bits per heavy atom. The van der Waals surface area contributed by atoms with Gasteiger partial charge in [-0.05, 0) is 12.8 Å². The van der Waals surface area contributed by atoms with Crippen molar-refractivity contribution in [1.29, 1.82) is 0 Å². The minimum atomic E-state index is 0.583.